The van der Waals surface area contributed by atoms with Gasteiger partial charge in [-0.05, 0) is 98.2 Å². The van der Waals surface area contributed by atoms with Gasteiger partial charge in [-0.2, -0.15) is 0 Å². The average Bonchev–Trinajstić information content (AvgIpc) is 3.84. The fourth-order valence-corrected chi connectivity index (χ4v) is 5.99. The lowest BCUT2D eigenvalue weighted by Crippen LogP contribution is -2.23. The van der Waals surface area contributed by atoms with E-state index in [1.54, 1.807) is 0 Å². The lowest BCUT2D eigenvalue weighted by atomic mass is 9.98. The normalized spacial score (nSPS) is 11.9. The van der Waals surface area contributed by atoms with Crippen molar-refractivity contribution in [3.05, 3.63) is 82.5 Å². The zero-order valence-corrected chi connectivity index (χ0v) is 31.8. The summed E-state index contributed by atoms with van der Waals surface area (Å²) in [6.45, 7) is 14.3. The van der Waals surface area contributed by atoms with Crippen LogP contribution in [0.5, 0.6) is 0 Å². The zero-order chi connectivity index (χ0) is 41.7. The number of amides is 2. The molecule has 0 saturated heterocycles. The molecule has 3 aromatic heterocycles. The molecule has 298 valence electrons. The molecule has 5 rings (SSSR count). The molecule has 0 aliphatic carbocycles. The Kier molecular flexibility index (Phi) is 16.2. The fourth-order valence-electron chi connectivity index (χ4n) is 5.99. The van der Waals surface area contributed by atoms with Crippen LogP contribution in [0.1, 0.15) is 84.6 Å². The van der Waals surface area contributed by atoms with Crippen molar-refractivity contribution in [1.29, 1.82) is 0 Å². The lowest BCUT2D eigenvalue weighted by molar-refractivity contribution is -0.137. The van der Waals surface area contributed by atoms with Crippen LogP contribution in [-0.2, 0) is 19.2 Å². The van der Waals surface area contributed by atoms with Gasteiger partial charge in [-0.3, -0.25) is 29.0 Å². The maximum atomic E-state index is 11.5. The fraction of sp³-hybridized carbons (Fsp3) is 0.300. The topological polar surface area (TPSA) is 253 Å². The number of carboxylic acid groups (broad SMARTS) is 2. The summed E-state index contributed by atoms with van der Waals surface area (Å²) >= 11 is 0. The second-order valence-corrected chi connectivity index (χ2v) is 12.7. The highest BCUT2D eigenvalue weighted by Crippen LogP contribution is 2.38. The Balaban J connectivity index is 0.000000512. The maximum Gasteiger partial charge on any atom is 0.303 e. The van der Waals surface area contributed by atoms with Crippen molar-refractivity contribution in [3.8, 4) is 0 Å². The summed E-state index contributed by atoms with van der Waals surface area (Å²) < 4.78 is 0. The number of rotatable bonds is 14. The molecule has 2 amide bonds. The molecule has 0 aromatic carbocycles. The minimum atomic E-state index is -0.889. The Morgan fingerprint density at radius 2 is 0.964 bits per heavy atom. The minimum absolute atomic E-state index is 0.0367. The predicted octanol–water partition coefficient (Wildman–Crippen LogP) is 4.50. The quantitative estimate of drug-likeness (QED) is 0.0833. The van der Waals surface area contributed by atoms with Crippen molar-refractivity contribution in [1.82, 2.24) is 29.7 Å². The molecule has 2 aliphatic heterocycles. The molecular formula is C40H48N6O10. The first-order valence-electron chi connectivity index (χ1n) is 17.4. The largest absolute Gasteiger partial charge is 0.481 e. The molecule has 0 spiro atoms. The third kappa shape index (κ3) is 10.5. The number of carboxylic acids is 2. The molecule has 8 N–H and O–H groups in total. The number of nitrogens with zero attached hydrogens (tertiary/aromatic N) is 4. The van der Waals surface area contributed by atoms with E-state index in [9.17, 15) is 29.4 Å². The number of aliphatic carboxylic acids is 2. The van der Waals surface area contributed by atoms with E-state index in [-0.39, 0.29) is 12.8 Å². The third-order valence-electron chi connectivity index (χ3n) is 9.24. The predicted molar refractivity (Wildman–Crippen MR) is 214 cm³/mol. The SMILES string of the molecule is C=Cc1c(C)c2cc3[nH]c(cc4nc(cc5nc(cc1[nH]2)C(C)=C5CCC(=O)O)C(CCC(=O)O)=C4C)c(C)c3C=C.O=CN(CO)CO.O=CN(CO)CO. The van der Waals surface area contributed by atoms with E-state index >= 15 is 0 Å². The van der Waals surface area contributed by atoms with Gasteiger partial charge >= 0.3 is 11.9 Å². The summed E-state index contributed by atoms with van der Waals surface area (Å²) in [4.78, 5) is 60.8. The molecule has 8 bridgehead atoms. The van der Waals surface area contributed by atoms with Crippen molar-refractivity contribution in [2.75, 3.05) is 26.9 Å². The minimum Gasteiger partial charge on any atom is -0.481 e. The average molecular weight is 773 g/mol. The van der Waals surface area contributed by atoms with Gasteiger partial charge in [0, 0.05) is 46.0 Å². The molecule has 0 saturated carbocycles. The number of H-pyrrole nitrogens is 2. The number of aromatic amines is 2. The van der Waals surface area contributed by atoms with Gasteiger partial charge in [0.15, 0.2) is 0 Å². The van der Waals surface area contributed by atoms with Crippen LogP contribution in [-0.4, -0.2) is 112 Å². The van der Waals surface area contributed by atoms with E-state index in [1.165, 1.54) is 0 Å². The number of carbonyl (C=O) groups is 4. The Labute approximate surface area is 323 Å². The van der Waals surface area contributed by atoms with Crippen LogP contribution in [0.2, 0.25) is 0 Å². The van der Waals surface area contributed by atoms with Crippen molar-refractivity contribution >= 4 is 81.3 Å². The summed E-state index contributed by atoms with van der Waals surface area (Å²) in [6.07, 6.45) is 4.92. The van der Waals surface area contributed by atoms with Gasteiger partial charge in [-0.1, -0.05) is 25.3 Å². The van der Waals surface area contributed by atoms with E-state index in [0.29, 0.717) is 37.0 Å². The summed E-state index contributed by atoms with van der Waals surface area (Å²) in [5.41, 5.74) is 13.7. The molecule has 0 radical (unpaired) electrons. The summed E-state index contributed by atoms with van der Waals surface area (Å²) in [7, 11) is 0. The number of fused-ring (bicyclic) bond motifs is 8. The molecule has 0 atom stereocenters. The van der Waals surface area contributed by atoms with E-state index in [2.05, 4.69) is 29.2 Å². The van der Waals surface area contributed by atoms with E-state index < -0.39 is 38.9 Å². The van der Waals surface area contributed by atoms with Crippen molar-refractivity contribution in [2.45, 2.75) is 53.4 Å². The van der Waals surface area contributed by atoms with Crippen LogP contribution in [0.4, 0.5) is 0 Å². The molecule has 56 heavy (non-hydrogen) atoms. The second-order valence-electron chi connectivity index (χ2n) is 12.7. The van der Waals surface area contributed by atoms with Crippen LogP contribution in [0.15, 0.2) is 37.4 Å². The third-order valence-corrected chi connectivity index (χ3v) is 9.24. The number of nitrogens with one attached hydrogen (secondary N) is 2. The van der Waals surface area contributed by atoms with Crippen molar-refractivity contribution in [2.24, 2.45) is 0 Å². The van der Waals surface area contributed by atoms with E-state index in [1.807, 2.05) is 58.0 Å². The first-order valence-corrected chi connectivity index (χ1v) is 17.4. The first-order chi connectivity index (χ1) is 26.7. The summed E-state index contributed by atoms with van der Waals surface area (Å²) in [6, 6.07) is 7.88. The number of allylic oxidation sites excluding steroid dienone is 4. The summed E-state index contributed by atoms with van der Waals surface area (Å²) in [5.74, 6) is -1.78. The smallest absolute Gasteiger partial charge is 0.303 e. The molecule has 3 aromatic rings. The van der Waals surface area contributed by atoms with Crippen LogP contribution in [0, 0.1) is 13.8 Å². The zero-order valence-electron chi connectivity index (χ0n) is 31.8. The molecule has 2 aliphatic rings. The Morgan fingerprint density at radius 3 is 1.29 bits per heavy atom. The number of aliphatic hydroxyl groups excluding tert-OH is 4. The van der Waals surface area contributed by atoms with Crippen molar-refractivity contribution in [3.63, 3.8) is 0 Å². The highest BCUT2D eigenvalue weighted by atomic mass is 16.4. The molecule has 16 heteroatoms. The standard InChI is InChI=1S/C34H34N4O4.2C3H7NO3/c1-7-21-17(3)25-13-26-19(5)23(9-11-33(39)40)31(37-26)16-32-24(10-12-34(41)42)20(6)28(38-32)15-30-22(8-2)18(4)27(36-30)14-29(21)35-25;2*5-1-4(2-6)3-7/h7-8,13-16,35-36H,1-2,9-12H2,3-6H3,(H,39,40)(H,41,42);2*1,6-7H,2-3H2. The van der Waals surface area contributed by atoms with Crippen LogP contribution in [0.3, 0.4) is 0 Å². The first kappa shape index (κ1) is 44.2. The van der Waals surface area contributed by atoms with Gasteiger partial charge in [-0.15, -0.1) is 0 Å². The molecular weight excluding hydrogens is 724 g/mol. The van der Waals surface area contributed by atoms with Gasteiger partial charge in [0.2, 0.25) is 12.8 Å². The van der Waals surface area contributed by atoms with Crippen molar-refractivity contribution < 1.29 is 49.8 Å². The molecule has 16 nitrogen and oxygen atoms in total. The summed E-state index contributed by atoms with van der Waals surface area (Å²) in [5, 5.41) is 51.1. The van der Waals surface area contributed by atoms with E-state index in [4.69, 9.17) is 30.4 Å². The second kappa shape index (κ2) is 20.5. The number of aryl methyl sites for hydroxylation is 2. The monoisotopic (exact) mass is 772 g/mol. The number of aliphatic hydroxyl groups is 4. The molecule has 0 unspecified atom stereocenters. The number of hydrogen-bond donors (Lipinski definition) is 8. The van der Waals surface area contributed by atoms with Crippen LogP contribution in [0.25, 0.3) is 56.5 Å². The highest BCUT2D eigenvalue weighted by Gasteiger charge is 2.22. The number of hydrogen-bond acceptors (Lipinski definition) is 10. The van der Waals surface area contributed by atoms with Gasteiger partial charge < -0.3 is 40.6 Å². The Hall–Kier alpha value is -6.20. The van der Waals surface area contributed by atoms with Gasteiger partial charge in [0.25, 0.3) is 0 Å². The van der Waals surface area contributed by atoms with E-state index in [0.717, 1.165) is 87.8 Å². The maximum absolute atomic E-state index is 11.5. The van der Waals surface area contributed by atoms with Gasteiger partial charge in [-0.25, -0.2) is 9.97 Å². The van der Waals surface area contributed by atoms with Gasteiger partial charge in [0.05, 0.1) is 22.8 Å². The number of aromatic nitrogens is 4. The Bertz CT molecular complexity index is 2190. The molecule has 0 fully saturated rings. The van der Waals surface area contributed by atoms with Crippen LogP contribution >= 0.6 is 0 Å². The lowest BCUT2D eigenvalue weighted by Gasteiger charge is -2.06. The number of carbonyl (C=O) groups excluding carboxylic acids is 2. The highest BCUT2D eigenvalue weighted by molar-refractivity contribution is 5.97. The van der Waals surface area contributed by atoms with Gasteiger partial charge in [0.1, 0.15) is 26.9 Å². The van der Waals surface area contributed by atoms with Crippen LogP contribution < -0.4 is 0 Å². The molecule has 5 heterocycles. The Morgan fingerprint density at radius 1 is 0.607 bits per heavy atom.